The topological polar surface area (TPSA) is 59.8 Å². The van der Waals surface area contributed by atoms with Gasteiger partial charge in [0.25, 0.3) is 0 Å². The van der Waals surface area contributed by atoms with E-state index >= 15 is 0 Å². The lowest BCUT2D eigenvalue weighted by Gasteiger charge is -2.11. The fourth-order valence-electron chi connectivity index (χ4n) is 2.57. The molecule has 26 heavy (non-hydrogen) atoms. The number of hydrogen-bond acceptors (Lipinski definition) is 4. The number of hydrogen-bond donors (Lipinski definition) is 1. The zero-order valence-electron chi connectivity index (χ0n) is 13.9. The first-order valence-electron chi connectivity index (χ1n) is 8.41. The summed E-state index contributed by atoms with van der Waals surface area (Å²) in [6.45, 7) is 0.583. The SMILES string of the molecule is O=C(Nc1ccccc1Sc1nc(Cl)nn1Cc1ccccc1)C1CC1. The van der Waals surface area contributed by atoms with Gasteiger partial charge in [-0.1, -0.05) is 42.5 Å². The average molecular weight is 385 g/mol. The standard InChI is InChI=1S/C19H17ClN4OS/c20-18-22-19(24(23-18)12-13-6-2-1-3-7-13)26-16-9-5-4-8-15(16)21-17(25)14-10-11-14/h1-9,14H,10-12H2,(H,21,25). The summed E-state index contributed by atoms with van der Waals surface area (Å²) in [5.74, 6) is 0.242. The highest BCUT2D eigenvalue weighted by Gasteiger charge is 2.30. The van der Waals surface area contributed by atoms with Gasteiger partial charge in [-0.3, -0.25) is 4.79 Å². The molecule has 0 atom stereocenters. The molecule has 0 unspecified atom stereocenters. The van der Waals surface area contributed by atoms with Gasteiger partial charge in [0.2, 0.25) is 11.2 Å². The van der Waals surface area contributed by atoms with Crippen LogP contribution in [0.3, 0.4) is 0 Å². The predicted octanol–water partition coefficient (Wildman–Crippen LogP) is 4.48. The van der Waals surface area contributed by atoms with E-state index in [1.807, 2.05) is 54.6 Å². The summed E-state index contributed by atoms with van der Waals surface area (Å²) in [4.78, 5) is 17.4. The number of nitrogens with one attached hydrogen (secondary N) is 1. The lowest BCUT2D eigenvalue weighted by Crippen LogP contribution is -2.13. The summed E-state index contributed by atoms with van der Waals surface area (Å²) in [6.07, 6.45) is 1.95. The zero-order valence-corrected chi connectivity index (χ0v) is 15.5. The fourth-order valence-corrected chi connectivity index (χ4v) is 3.71. The van der Waals surface area contributed by atoms with Gasteiger partial charge in [0.15, 0.2) is 5.16 Å². The van der Waals surface area contributed by atoms with Crippen molar-refractivity contribution in [3.05, 3.63) is 65.4 Å². The molecule has 0 aliphatic heterocycles. The van der Waals surface area contributed by atoms with Crippen molar-refractivity contribution in [2.24, 2.45) is 5.92 Å². The van der Waals surface area contributed by atoms with Gasteiger partial charge in [-0.05, 0) is 53.9 Å². The van der Waals surface area contributed by atoms with Crippen LogP contribution in [0.5, 0.6) is 0 Å². The lowest BCUT2D eigenvalue weighted by molar-refractivity contribution is -0.117. The summed E-state index contributed by atoms with van der Waals surface area (Å²) in [7, 11) is 0. The van der Waals surface area contributed by atoms with E-state index in [0.29, 0.717) is 11.7 Å². The minimum absolute atomic E-state index is 0.0850. The summed E-state index contributed by atoms with van der Waals surface area (Å²) in [5, 5.41) is 8.21. The van der Waals surface area contributed by atoms with E-state index in [4.69, 9.17) is 11.6 Å². The van der Waals surface area contributed by atoms with Crippen molar-refractivity contribution in [2.45, 2.75) is 29.4 Å². The van der Waals surface area contributed by atoms with Crippen molar-refractivity contribution in [3.63, 3.8) is 0 Å². The van der Waals surface area contributed by atoms with Gasteiger partial charge in [-0.25, -0.2) is 4.68 Å². The van der Waals surface area contributed by atoms with Crippen LogP contribution in [0.15, 0.2) is 64.6 Å². The quantitative estimate of drug-likeness (QED) is 0.680. The van der Waals surface area contributed by atoms with Gasteiger partial charge in [0, 0.05) is 10.8 Å². The predicted molar refractivity (Wildman–Crippen MR) is 102 cm³/mol. The number of anilines is 1. The Labute approximate surface area is 160 Å². The molecule has 1 fully saturated rings. The molecule has 5 nitrogen and oxygen atoms in total. The molecule has 4 rings (SSSR count). The first-order chi connectivity index (χ1) is 12.7. The molecule has 0 radical (unpaired) electrons. The summed E-state index contributed by atoms with van der Waals surface area (Å²) >= 11 is 7.49. The molecule has 1 aromatic heterocycles. The Kier molecular flexibility index (Phi) is 4.95. The molecule has 0 bridgehead atoms. The van der Waals surface area contributed by atoms with Crippen molar-refractivity contribution in [3.8, 4) is 0 Å². The van der Waals surface area contributed by atoms with E-state index in [1.165, 1.54) is 11.8 Å². The van der Waals surface area contributed by atoms with Crippen LogP contribution in [-0.2, 0) is 11.3 Å². The van der Waals surface area contributed by atoms with E-state index in [1.54, 1.807) is 4.68 Å². The summed E-state index contributed by atoms with van der Waals surface area (Å²) < 4.78 is 1.78. The average Bonchev–Trinajstić information content (AvgIpc) is 3.43. The van der Waals surface area contributed by atoms with Gasteiger partial charge < -0.3 is 5.32 Å². The Hall–Kier alpha value is -2.31. The van der Waals surface area contributed by atoms with Crippen LogP contribution in [0.4, 0.5) is 5.69 Å². The van der Waals surface area contributed by atoms with Gasteiger partial charge >= 0.3 is 0 Å². The van der Waals surface area contributed by atoms with Crippen molar-refractivity contribution in [1.82, 2.24) is 14.8 Å². The minimum Gasteiger partial charge on any atom is -0.325 e. The van der Waals surface area contributed by atoms with Crippen LogP contribution in [0.25, 0.3) is 0 Å². The van der Waals surface area contributed by atoms with Crippen LogP contribution < -0.4 is 5.32 Å². The molecule has 0 saturated heterocycles. The van der Waals surface area contributed by atoms with Gasteiger partial charge in [0.1, 0.15) is 0 Å². The molecule has 7 heteroatoms. The third-order valence-corrected chi connectivity index (χ3v) is 5.30. The molecule has 3 aromatic rings. The number of para-hydroxylation sites is 1. The van der Waals surface area contributed by atoms with E-state index in [0.717, 1.165) is 29.0 Å². The summed E-state index contributed by atoms with van der Waals surface area (Å²) in [5.41, 5.74) is 1.91. The number of amides is 1. The highest BCUT2D eigenvalue weighted by molar-refractivity contribution is 7.99. The zero-order chi connectivity index (χ0) is 17.9. The van der Waals surface area contributed by atoms with Crippen LogP contribution in [0, 0.1) is 5.92 Å². The number of rotatable bonds is 6. The third kappa shape index (κ3) is 4.08. The van der Waals surface area contributed by atoms with Crippen LogP contribution in [0.2, 0.25) is 5.28 Å². The van der Waals surface area contributed by atoms with Crippen molar-refractivity contribution < 1.29 is 4.79 Å². The van der Waals surface area contributed by atoms with Crippen molar-refractivity contribution in [2.75, 3.05) is 5.32 Å². The molecule has 1 aliphatic carbocycles. The molecule has 2 aromatic carbocycles. The van der Waals surface area contributed by atoms with Crippen molar-refractivity contribution in [1.29, 1.82) is 0 Å². The normalized spacial score (nSPS) is 13.6. The second-order valence-electron chi connectivity index (χ2n) is 6.17. The smallest absolute Gasteiger partial charge is 0.243 e. The maximum absolute atomic E-state index is 12.1. The Bertz CT molecular complexity index is 924. The maximum Gasteiger partial charge on any atom is 0.243 e. The fraction of sp³-hybridized carbons (Fsp3) is 0.211. The number of aromatic nitrogens is 3. The second kappa shape index (κ2) is 7.51. The van der Waals surface area contributed by atoms with Gasteiger partial charge in [0.05, 0.1) is 12.2 Å². The van der Waals surface area contributed by atoms with Gasteiger partial charge in [-0.15, -0.1) is 5.10 Å². The molecule has 1 heterocycles. The maximum atomic E-state index is 12.1. The molecular formula is C19H17ClN4OS. The molecule has 1 N–H and O–H groups in total. The van der Waals surface area contributed by atoms with Gasteiger partial charge in [-0.2, -0.15) is 4.98 Å². The first kappa shape index (κ1) is 17.1. The monoisotopic (exact) mass is 384 g/mol. The Morgan fingerprint density at radius 3 is 2.65 bits per heavy atom. The first-order valence-corrected chi connectivity index (χ1v) is 9.60. The van der Waals surface area contributed by atoms with E-state index in [-0.39, 0.29) is 17.1 Å². The van der Waals surface area contributed by atoms with E-state index < -0.39 is 0 Å². The number of halogens is 1. The third-order valence-electron chi connectivity index (χ3n) is 4.08. The highest BCUT2D eigenvalue weighted by Crippen LogP contribution is 2.35. The Morgan fingerprint density at radius 1 is 1.15 bits per heavy atom. The number of nitrogens with zero attached hydrogens (tertiary/aromatic N) is 3. The largest absolute Gasteiger partial charge is 0.325 e. The molecule has 1 amide bonds. The second-order valence-corrected chi connectivity index (χ2v) is 7.52. The van der Waals surface area contributed by atoms with E-state index in [9.17, 15) is 4.79 Å². The van der Waals surface area contributed by atoms with Crippen LogP contribution in [0.1, 0.15) is 18.4 Å². The highest BCUT2D eigenvalue weighted by atomic mass is 35.5. The number of carbonyl (C=O) groups excluding carboxylic acids is 1. The lowest BCUT2D eigenvalue weighted by atomic mass is 10.2. The van der Waals surface area contributed by atoms with Crippen LogP contribution in [-0.4, -0.2) is 20.7 Å². The van der Waals surface area contributed by atoms with E-state index in [2.05, 4.69) is 15.4 Å². The molecule has 1 aliphatic rings. The number of carbonyl (C=O) groups is 1. The Balaban J connectivity index is 1.57. The van der Waals surface area contributed by atoms with Crippen molar-refractivity contribution >= 4 is 35.0 Å². The van der Waals surface area contributed by atoms with Crippen LogP contribution >= 0.6 is 23.4 Å². The molecular weight excluding hydrogens is 368 g/mol. The summed E-state index contributed by atoms with van der Waals surface area (Å²) in [6, 6.07) is 17.7. The molecule has 1 saturated carbocycles. The molecule has 0 spiro atoms. The minimum atomic E-state index is 0.0850. The Morgan fingerprint density at radius 2 is 1.88 bits per heavy atom. The number of benzene rings is 2. The molecule has 132 valence electrons.